The van der Waals surface area contributed by atoms with Crippen LogP contribution in [0.1, 0.15) is 0 Å². The minimum Gasteiger partial charge on any atom is -0.411 e. The van der Waals surface area contributed by atoms with Crippen LogP contribution in [0.15, 0.2) is 46.4 Å². The summed E-state index contributed by atoms with van der Waals surface area (Å²) in [6.07, 6.45) is 10.4. The molecular weight excluding hydrogens is 148 g/mol. The highest BCUT2D eigenvalue weighted by atomic mass is 32.2. The Bertz CT molecular complexity index is 174. The minimum absolute atomic E-state index is 0.938. The fourth-order valence-electron chi connectivity index (χ4n) is 0.384. The van der Waals surface area contributed by atoms with E-state index in [1.165, 1.54) is 0 Å². The zero-order chi connectivity index (χ0) is 7.07. The van der Waals surface area contributed by atoms with Crippen LogP contribution in [0.25, 0.3) is 0 Å². The summed E-state index contributed by atoms with van der Waals surface area (Å²) < 4.78 is 8.38. The maximum atomic E-state index is 4.80. The first kappa shape index (κ1) is 7.08. The molecule has 0 spiro atoms. The minimum atomic E-state index is 0.938. The molecule has 0 saturated heterocycles. The maximum Gasteiger partial charge on any atom is 0.221 e. The van der Waals surface area contributed by atoms with Crippen LogP contribution in [0.5, 0.6) is 0 Å². The van der Waals surface area contributed by atoms with Crippen LogP contribution in [0.4, 0.5) is 0 Å². The molecule has 3 nitrogen and oxygen atoms in total. The maximum absolute atomic E-state index is 4.80. The van der Waals surface area contributed by atoms with Gasteiger partial charge in [0, 0.05) is 0 Å². The van der Waals surface area contributed by atoms with Crippen molar-refractivity contribution in [3.8, 4) is 0 Å². The van der Waals surface area contributed by atoms with Crippen molar-refractivity contribution in [2.24, 2.45) is 9.63 Å². The van der Waals surface area contributed by atoms with Crippen molar-refractivity contribution in [2.75, 3.05) is 0 Å². The molecule has 1 aliphatic rings. The van der Waals surface area contributed by atoms with Gasteiger partial charge in [-0.25, -0.2) is 0 Å². The van der Waals surface area contributed by atoms with Crippen molar-refractivity contribution >= 4 is 12.2 Å². The third-order valence-corrected chi connectivity index (χ3v) is 1.10. The predicted molar refractivity (Wildman–Crippen MR) is 41.0 cm³/mol. The third-order valence-electron chi connectivity index (χ3n) is 0.744. The molecule has 52 valence electrons. The van der Waals surface area contributed by atoms with Crippen LogP contribution in [-0.2, 0) is 4.18 Å². The van der Waals surface area contributed by atoms with Gasteiger partial charge in [0.1, 0.15) is 6.26 Å². The van der Waals surface area contributed by atoms with Gasteiger partial charge in [-0.1, -0.05) is 16.7 Å². The highest BCUT2D eigenvalue weighted by Crippen LogP contribution is 2.05. The molecule has 4 heteroatoms. The number of rotatable bonds is 0. The van der Waals surface area contributed by atoms with Crippen LogP contribution in [0.2, 0.25) is 0 Å². The molecular formula is C6H6N2OS. The van der Waals surface area contributed by atoms with Gasteiger partial charge < -0.3 is 4.18 Å². The highest BCUT2D eigenvalue weighted by molar-refractivity contribution is 7.93. The summed E-state index contributed by atoms with van der Waals surface area (Å²) in [6, 6.07) is 0. The fourth-order valence-corrected chi connectivity index (χ4v) is 0.630. The molecule has 0 radical (unpaired) electrons. The molecule has 1 rings (SSSR count). The standard InChI is InChI=1S/C6H6N2OS/c1-2-4-6-9-10-8-7-5-3-1/h1-6H/b2-1-,5-3-,6-4-,8-7?. The van der Waals surface area contributed by atoms with E-state index in [2.05, 4.69) is 9.63 Å². The fraction of sp³-hybridized carbons (Fsp3) is 0. The van der Waals surface area contributed by atoms with E-state index in [1.807, 2.05) is 12.2 Å². The molecule has 0 atom stereocenters. The average molecular weight is 154 g/mol. The van der Waals surface area contributed by atoms with Crippen molar-refractivity contribution in [1.82, 2.24) is 0 Å². The monoisotopic (exact) mass is 154 g/mol. The first-order chi connectivity index (χ1) is 5.00. The SMILES string of the molecule is C1=C\C=C/OSN=N\C=C/1. The Labute approximate surface area is 63.5 Å². The molecule has 0 aromatic carbocycles. The first-order valence-electron chi connectivity index (χ1n) is 2.71. The van der Waals surface area contributed by atoms with Gasteiger partial charge in [0.15, 0.2) is 0 Å². The Morgan fingerprint density at radius 2 is 2.00 bits per heavy atom. The van der Waals surface area contributed by atoms with Crippen LogP contribution in [-0.4, -0.2) is 0 Å². The number of nitrogens with zero attached hydrogens (tertiary/aromatic N) is 2. The number of hydrogen-bond acceptors (Lipinski definition) is 4. The predicted octanol–water partition coefficient (Wildman–Crippen LogP) is 2.62. The average Bonchev–Trinajstić information content (AvgIpc) is 2.01. The number of hydrogen-bond donors (Lipinski definition) is 0. The van der Waals surface area contributed by atoms with Crippen molar-refractivity contribution in [3.05, 3.63) is 36.8 Å². The molecule has 0 fully saturated rings. The van der Waals surface area contributed by atoms with Gasteiger partial charge in [-0.2, -0.15) is 0 Å². The lowest BCUT2D eigenvalue weighted by Crippen LogP contribution is -1.61. The van der Waals surface area contributed by atoms with E-state index in [1.54, 1.807) is 24.6 Å². The molecule has 0 unspecified atom stereocenters. The molecule has 0 saturated carbocycles. The van der Waals surface area contributed by atoms with Crippen molar-refractivity contribution in [1.29, 1.82) is 0 Å². The number of allylic oxidation sites excluding steroid dienone is 4. The first-order valence-corrected chi connectivity index (χ1v) is 3.41. The third kappa shape index (κ3) is 3.09. The summed E-state index contributed by atoms with van der Waals surface area (Å²) in [6.45, 7) is 0. The lowest BCUT2D eigenvalue weighted by molar-refractivity contribution is 0.565. The summed E-state index contributed by atoms with van der Waals surface area (Å²) in [5.74, 6) is 0. The van der Waals surface area contributed by atoms with Crippen LogP contribution >= 0.6 is 12.2 Å². The summed E-state index contributed by atoms with van der Waals surface area (Å²) >= 11 is 0.938. The molecule has 0 bridgehead atoms. The van der Waals surface area contributed by atoms with E-state index in [0.29, 0.717) is 0 Å². The largest absolute Gasteiger partial charge is 0.411 e. The van der Waals surface area contributed by atoms with Crippen molar-refractivity contribution in [2.45, 2.75) is 0 Å². The van der Waals surface area contributed by atoms with E-state index >= 15 is 0 Å². The Morgan fingerprint density at radius 3 is 3.00 bits per heavy atom. The normalized spacial score (nSPS) is 26.4. The van der Waals surface area contributed by atoms with Gasteiger partial charge >= 0.3 is 0 Å². The lowest BCUT2D eigenvalue weighted by Gasteiger charge is -1.86. The van der Waals surface area contributed by atoms with E-state index in [9.17, 15) is 0 Å². The summed E-state index contributed by atoms with van der Waals surface area (Å²) in [5, 5.41) is 3.63. The molecule has 0 N–H and O–H groups in total. The summed E-state index contributed by atoms with van der Waals surface area (Å²) in [5.41, 5.74) is 0. The second-order valence-electron chi connectivity index (χ2n) is 1.42. The smallest absolute Gasteiger partial charge is 0.221 e. The van der Waals surface area contributed by atoms with E-state index in [-0.39, 0.29) is 0 Å². The molecule has 0 amide bonds. The highest BCUT2D eigenvalue weighted by Gasteiger charge is 1.76. The van der Waals surface area contributed by atoms with E-state index < -0.39 is 0 Å². The second-order valence-corrected chi connectivity index (χ2v) is 1.93. The molecule has 10 heavy (non-hydrogen) atoms. The quantitative estimate of drug-likeness (QED) is 0.397. The molecule has 1 heterocycles. The van der Waals surface area contributed by atoms with Gasteiger partial charge in [-0.3, -0.25) is 0 Å². The molecule has 0 aliphatic carbocycles. The zero-order valence-corrected chi connectivity index (χ0v) is 5.99. The van der Waals surface area contributed by atoms with Gasteiger partial charge in [0.25, 0.3) is 0 Å². The summed E-state index contributed by atoms with van der Waals surface area (Å²) in [4.78, 5) is 0. The zero-order valence-electron chi connectivity index (χ0n) is 5.18. The van der Waals surface area contributed by atoms with E-state index in [4.69, 9.17) is 4.18 Å². The van der Waals surface area contributed by atoms with Gasteiger partial charge in [-0.15, -0.1) is 5.11 Å². The van der Waals surface area contributed by atoms with Gasteiger partial charge in [-0.05, 0) is 12.2 Å². The lowest BCUT2D eigenvalue weighted by atomic mass is 10.5. The Hall–Kier alpha value is -1.03. The van der Waals surface area contributed by atoms with Crippen molar-refractivity contribution in [3.63, 3.8) is 0 Å². The molecule has 0 aromatic heterocycles. The molecule has 1 aliphatic heterocycles. The van der Waals surface area contributed by atoms with Crippen LogP contribution < -0.4 is 0 Å². The Kier molecular flexibility index (Phi) is 3.41. The van der Waals surface area contributed by atoms with Gasteiger partial charge in [0.05, 0.1) is 6.20 Å². The Morgan fingerprint density at radius 1 is 1.10 bits per heavy atom. The van der Waals surface area contributed by atoms with Gasteiger partial charge in [0.2, 0.25) is 12.2 Å². The Balaban J connectivity index is 2.53. The topological polar surface area (TPSA) is 34.0 Å². The van der Waals surface area contributed by atoms with Crippen LogP contribution in [0.3, 0.4) is 0 Å². The molecule has 0 aromatic rings. The van der Waals surface area contributed by atoms with E-state index in [0.717, 1.165) is 12.2 Å². The van der Waals surface area contributed by atoms with Crippen LogP contribution in [0, 0.1) is 0 Å². The second kappa shape index (κ2) is 4.81. The van der Waals surface area contributed by atoms with Crippen molar-refractivity contribution < 1.29 is 4.18 Å². The summed E-state index contributed by atoms with van der Waals surface area (Å²) in [7, 11) is 0.